The zero-order valence-electron chi connectivity index (χ0n) is 15.7. The van der Waals surface area contributed by atoms with Gasteiger partial charge in [0.2, 0.25) is 0 Å². The van der Waals surface area contributed by atoms with Crippen LogP contribution in [0.2, 0.25) is 0 Å². The molecule has 1 aliphatic heterocycles. The van der Waals surface area contributed by atoms with Gasteiger partial charge in [0.25, 0.3) is 5.82 Å². The van der Waals surface area contributed by atoms with Crippen molar-refractivity contribution in [1.82, 2.24) is 0 Å². The average molecular weight is 362 g/mol. The molecule has 2 aromatic carbocycles. The number of anilines is 2. The van der Waals surface area contributed by atoms with Crippen LogP contribution < -0.4 is 19.5 Å². The van der Waals surface area contributed by atoms with E-state index in [4.69, 9.17) is 4.74 Å². The van der Waals surface area contributed by atoms with Gasteiger partial charge in [-0.2, -0.15) is 0 Å². The van der Waals surface area contributed by atoms with E-state index in [-0.39, 0.29) is 0 Å². The second-order valence-electron chi connectivity index (χ2n) is 6.95. The molecule has 0 aliphatic carbocycles. The second kappa shape index (κ2) is 7.27. The Hall–Kier alpha value is -3.08. The third kappa shape index (κ3) is 3.45. The van der Waals surface area contributed by atoms with Crippen LogP contribution in [0.5, 0.6) is 5.75 Å². The Morgan fingerprint density at radius 3 is 2.33 bits per heavy atom. The summed E-state index contributed by atoms with van der Waals surface area (Å²) in [5.74, 6) is 1.78. The molecule has 1 fully saturated rings. The highest BCUT2D eigenvalue weighted by molar-refractivity contribution is 5.89. The van der Waals surface area contributed by atoms with E-state index in [0.29, 0.717) is 5.56 Å². The lowest BCUT2D eigenvalue weighted by atomic mass is 10.1. The Bertz CT molecular complexity index is 961. The van der Waals surface area contributed by atoms with Crippen molar-refractivity contribution < 1.29 is 14.5 Å². The van der Waals surface area contributed by atoms with Gasteiger partial charge in [-0.05, 0) is 48.9 Å². The number of benzene rings is 2. The zero-order chi connectivity index (χ0) is 18.8. The SMILES string of the molecule is COc1ccc(N2CCN(c3[nH+]c4cc(C)ccc4cc3C=O)CC2)cc1. The van der Waals surface area contributed by atoms with Crippen LogP contribution in [0, 0.1) is 6.92 Å². The minimum atomic E-state index is 0.712. The summed E-state index contributed by atoms with van der Waals surface area (Å²) in [4.78, 5) is 19.8. The number of aromatic nitrogens is 1. The van der Waals surface area contributed by atoms with E-state index in [1.807, 2.05) is 18.2 Å². The zero-order valence-corrected chi connectivity index (χ0v) is 15.7. The largest absolute Gasteiger partial charge is 0.497 e. The van der Waals surface area contributed by atoms with Crippen molar-refractivity contribution in [3.63, 3.8) is 0 Å². The molecular weight excluding hydrogens is 338 g/mol. The maximum absolute atomic E-state index is 11.7. The van der Waals surface area contributed by atoms with Crippen LogP contribution >= 0.6 is 0 Å². The summed E-state index contributed by atoms with van der Waals surface area (Å²) in [6, 6.07) is 16.4. The predicted molar refractivity (Wildman–Crippen MR) is 108 cm³/mol. The number of piperazine rings is 1. The number of fused-ring (bicyclic) bond motifs is 1. The van der Waals surface area contributed by atoms with Gasteiger partial charge in [0.15, 0.2) is 6.29 Å². The van der Waals surface area contributed by atoms with Crippen LogP contribution in [0.15, 0.2) is 48.5 Å². The molecule has 0 saturated carbocycles. The monoisotopic (exact) mass is 362 g/mol. The van der Waals surface area contributed by atoms with E-state index in [2.05, 4.69) is 52.0 Å². The van der Waals surface area contributed by atoms with E-state index in [1.165, 1.54) is 11.3 Å². The molecule has 0 spiro atoms. The predicted octanol–water partition coefficient (Wildman–Crippen LogP) is 3.11. The number of ether oxygens (including phenoxy) is 1. The summed E-state index contributed by atoms with van der Waals surface area (Å²) in [5, 5.41) is 1.06. The van der Waals surface area contributed by atoms with E-state index < -0.39 is 0 Å². The van der Waals surface area contributed by atoms with Gasteiger partial charge in [-0.1, -0.05) is 12.1 Å². The van der Waals surface area contributed by atoms with Crippen molar-refractivity contribution in [3.8, 4) is 5.75 Å². The first-order valence-electron chi connectivity index (χ1n) is 9.24. The van der Waals surface area contributed by atoms with Gasteiger partial charge >= 0.3 is 0 Å². The van der Waals surface area contributed by atoms with Gasteiger partial charge in [0.1, 0.15) is 29.9 Å². The summed E-state index contributed by atoms with van der Waals surface area (Å²) < 4.78 is 5.24. The Labute approximate surface area is 159 Å². The molecule has 138 valence electrons. The first kappa shape index (κ1) is 17.3. The number of aryl methyl sites for hydroxylation is 1. The number of H-pyrrole nitrogens is 1. The van der Waals surface area contributed by atoms with E-state index in [9.17, 15) is 4.79 Å². The third-order valence-electron chi connectivity index (χ3n) is 5.21. The van der Waals surface area contributed by atoms with Crippen LogP contribution in [0.25, 0.3) is 10.9 Å². The minimum Gasteiger partial charge on any atom is -0.497 e. The highest BCUT2D eigenvalue weighted by Gasteiger charge is 2.26. The van der Waals surface area contributed by atoms with Gasteiger partial charge in [-0.25, -0.2) is 4.98 Å². The molecule has 0 bridgehead atoms. The van der Waals surface area contributed by atoms with Crippen LogP contribution in [-0.2, 0) is 0 Å². The number of carbonyl (C=O) groups is 1. The van der Waals surface area contributed by atoms with E-state index in [0.717, 1.165) is 54.9 Å². The van der Waals surface area contributed by atoms with Gasteiger partial charge < -0.3 is 9.64 Å². The normalized spacial score (nSPS) is 14.4. The van der Waals surface area contributed by atoms with Crippen molar-refractivity contribution in [2.45, 2.75) is 6.92 Å². The van der Waals surface area contributed by atoms with Gasteiger partial charge in [0.05, 0.1) is 20.2 Å². The fourth-order valence-corrected chi connectivity index (χ4v) is 3.67. The number of methoxy groups -OCH3 is 1. The maximum Gasteiger partial charge on any atom is 0.285 e. The average Bonchev–Trinajstić information content (AvgIpc) is 2.73. The lowest BCUT2D eigenvalue weighted by molar-refractivity contribution is -0.330. The molecule has 0 radical (unpaired) electrons. The fourth-order valence-electron chi connectivity index (χ4n) is 3.67. The third-order valence-corrected chi connectivity index (χ3v) is 5.21. The highest BCUT2D eigenvalue weighted by atomic mass is 16.5. The summed E-state index contributed by atoms with van der Waals surface area (Å²) in [7, 11) is 1.68. The number of nitrogens with one attached hydrogen (secondary N) is 1. The summed E-state index contributed by atoms with van der Waals surface area (Å²) >= 11 is 0. The Morgan fingerprint density at radius 1 is 0.963 bits per heavy atom. The maximum atomic E-state index is 11.7. The van der Waals surface area contributed by atoms with Crippen molar-refractivity contribution in [2.24, 2.45) is 0 Å². The molecule has 1 N–H and O–H groups in total. The standard InChI is InChI=1S/C22H23N3O2/c1-16-3-4-17-14-18(15-26)22(23-21(17)13-16)25-11-9-24(10-12-25)19-5-7-20(27-2)8-6-19/h3-8,13-15H,9-12H2,1-2H3/p+1. The number of hydrogen-bond donors (Lipinski definition) is 0. The van der Waals surface area contributed by atoms with Gasteiger partial charge in [0, 0.05) is 11.1 Å². The molecule has 5 nitrogen and oxygen atoms in total. The first-order valence-corrected chi connectivity index (χ1v) is 9.24. The van der Waals surface area contributed by atoms with Crippen LogP contribution in [0.4, 0.5) is 11.5 Å². The van der Waals surface area contributed by atoms with Crippen LogP contribution in [-0.4, -0.2) is 39.6 Å². The molecule has 3 aromatic rings. The number of aldehydes is 1. The number of hydrogen-bond acceptors (Lipinski definition) is 4. The van der Waals surface area contributed by atoms with Crippen molar-refractivity contribution in [2.75, 3.05) is 43.1 Å². The van der Waals surface area contributed by atoms with Gasteiger partial charge in [-0.3, -0.25) is 9.69 Å². The first-order chi connectivity index (χ1) is 13.2. The molecular formula is C22H24N3O2+. The van der Waals surface area contributed by atoms with Crippen LogP contribution in [0.1, 0.15) is 15.9 Å². The van der Waals surface area contributed by atoms with Gasteiger partial charge in [-0.15, -0.1) is 0 Å². The molecule has 0 amide bonds. The molecule has 1 aromatic heterocycles. The lowest BCUT2D eigenvalue weighted by Gasteiger charge is -2.33. The summed E-state index contributed by atoms with van der Waals surface area (Å²) in [5.41, 5.74) is 4.18. The minimum absolute atomic E-state index is 0.712. The number of rotatable bonds is 4. The number of nitrogens with zero attached hydrogens (tertiary/aromatic N) is 2. The lowest BCUT2D eigenvalue weighted by Crippen LogP contribution is -2.48. The fraction of sp³-hybridized carbons (Fsp3) is 0.273. The highest BCUT2D eigenvalue weighted by Crippen LogP contribution is 2.24. The topological polar surface area (TPSA) is 46.9 Å². The number of carbonyl (C=O) groups excluding carboxylic acids is 1. The van der Waals surface area contributed by atoms with E-state index in [1.54, 1.807) is 7.11 Å². The molecule has 1 saturated heterocycles. The van der Waals surface area contributed by atoms with Crippen molar-refractivity contribution >= 4 is 28.7 Å². The Balaban J connectivity index is 1.55. The molecule has 5 heteroatoms. The summed E-state index contributed by atoms with van der Waals surface area (Å²) in [6.45, 7) is 5.62. The molecule has 27 heavy (non-hydrogen) atoms. The van der Waals surface area contributed by atoms with Crippen molar-refractivity contribution in [3.05, 3.63) is 59.7 Å². The molecule has 1 aliphatic rings. The Kier molecular flexibility index (Phi) is 4.67. The molecule has 0 atom stereocenters. The molecule has 4 rings (SSSR count). The quantitative estimate of drug-likeness (QED) is 0.669. The van der Waals surface area contributed by atoms with Crippen LogP contribution in [0.3, 0.4) is 0 Å². The molecule has 0 unspecified atom stereocenters. The number of aromatic amines is 1. The molecule has 2 heterocycles. The van der Waals surface area contributed by atoms with Crippen molar-refractivity contribution in [1.29, 1.82) is 0 Å². The Morgan fingerprint density at radius 2 is 1.67 bits per heavy atom. The second-order valence-corrected chi connectivity index (χ2v) is 6.95. The smallest absolute Gasteiger partial charge is 0.285 e. The van der Waals surface area contributed by atoms with E-state index >= 15 is 0 Å². The summed E-state index contributed by atoms with van der Waals surface area (Å²) in [6.07, 6.45) is 0.945. The number of pyridine rings is 1.